The van der Waals surface area contributed by atoms with Crippen LogP contribution in [0.2, 0.25) is 5.15 Å². The van der Waals surface area contributed by atoms with Crippen LogP contribution < -0.4 is 0 Å². The summed E-state index contributed by atoms with van der Waals surface area (Å²) in [5, 5.41) is 0.347. The van der Waals surface area contributed by atoms with Crippen LogP contribution in [-0.2, 0) is 0 Å². The van der Waals surface area contributed by atoms with Crippen LogP contribution in [0.5, 0.6) is 0 Å². The van der Waals surface area contributed by atoms with Crippen molar-refractivity contribution in [2.75, 3.05) is 0 Å². The van der Waals surface area contributed by atoms with E-state index in [4.69, 9.17) is 11.6 Å². The Balaban J connectivity index is 2.91. The second-order valence-corrected chi connectivity index (χ2v) is 4.21. The summed E-state index contributed by atoms with van der Waals surface area (Å²) in [5.74, 6) is 0. The summed E-state index contributed by atoms with van der Waals surface area (Å²) in [5.41, 5.74) is 1.95. The Labute approximate surface area is 93.8 Å². The third-order valence-corrected chi connectivity index (χ3v) is 2.76. The molecule has 0 aromatic carbocycles. The number of aldehydes is 1. The smallest absolute Gasteiger partial charge is 0.171 e. The van der Waals surface area contributed by atoms with Gasteiger partial charge in [-0.3, -0.25) is 9.20 Å². The van der Waals surface area contributed by atoms with Gasteiger partial charge in [0.2, 0.25) is 0 Å². The summed E-state index contributed by atoms with van der Waals surface area (Å²) >= 11 is 9.30. The quantitative estimate of drug-likeness (QED) is 0.749. The number of fused-ring (bicyclic) bond motifs is 1. The molecule has 2 rings (SSSR count). The van der Waals surface area contributed by atoms with Gasteiger partial charge in [-0.2, -0.15) is 0 Å². The van der Waals surface area contributed by atoms with E-state index in [2.05, 4.69) is 20.9 Å². The molecule has 2 aromatic rings. The first-order valence-electron chi connectivity index (χ1n) is 3.92. The lowest BCUT2D eigenvalue weighted by Crippen LogP contribution is -1.87. The van der Waals surface area contributed by atoms with Crippen LogP contribution in [0.1, 0.15) is 16.1 Å². The standard InChI is InChI=1S/C9H6BrClN2O/c1-5-2-6(10)3-13-8(11)7(4-14)12-9(5)13/h2-4H,1H3. The molecule has 0 N–H and O–H groups in total. The highest BCUT2D eigenvalue weighted by Crippen LogP contribution is 2.22. The molecule has 14 heavy (non-hydrogen) atoms. The topological polar surface area (TPSA) is 34.4 Å². The molecule has 3 nitrogen and oxygen atoms in total. The Kier molecular flexibility index (Phi) is 2.33. The van der Waals surface area contributed by atoms with Crippen LogP contribution in [0.25, 0.3) is 5.65 Å². The summed E-state index contributed by atoms with van der Waals surface area (Å²) in [6, 6.07) is 1.92. The lowest BCUT2D eigenvalue weighted by molar-refractivity contribution is 0.111. The SMILES string of the molecule is Cc1cc(Br)cn2c(Cl)c(C=O)nc12. The molecule has 0 fully saturated rings. The number of hydrogen-bond acceptors (Lipinski definition) is 2. The second-order valence-electron chi connectivity index (χ2n) is 2.94. The Hall–Kier alpha value is -0.870. The molecule has 5 heteroatoms. The van der Waals surface area contributed by atoms with Gasteiger partial charge in [0, 0.05) is 10.7 Å². The summed E-state index contributed by atoms with van der Waals surface area (Å²) in [4.78, 5) is 14.7. The fourth-order valence-corrected chi connectivity index (χ4v) is 2.10. The van der Waals surface area contributed by atoms with Crippen molar-refractivity contribution in [3.8, 4) is 0 Å². The Morgan fingerprint density at radius 1 is 1.64 bits per heavy atom. The van der Waals surface area contributed by atoms with Crippen molar-refractivity contribution >= 4 is 39.5 Å². The lowest BCUT2D eigenvalue weighted by atomic mass is 10.3. The molecule has 0 saturated heterocycles. The largest absolute Gasteiger partial charge is 0.296 e. The number of pyridine rings is 1. The van der Waals surface area contributed by atoms with Gasteiger partial charge in [0.25, 0.3) is 0 Å². The van der Waals surface area contributed by atoms with Gasteiger partial charge in [-0.1, -0.05) is 11.6 Å². The van der Waals surface area contributed by atoms with E-state index in [0.29, 0.717) is 17.1 Å². The van der Waals surface area contributed by atoms with Gasteiger partial charge in [-0.25, -0.2) is 4.98 Å². The van der Waals surface area contributed by atoms with E-state index in [9.17, 15) is 4.79 Å². The van der Waals surface area contributed by atoms with Crippen molar-refractivity contribution in [3.05, 3.63) is 33.1 Å². The lowest BCUT2D eigenvalue weighted by Gasteiger charge is -1.99. The molecule has 0 spiro atoms. The average Bonchev–Trinajstić information content (AvgIpc) is 2.44. The number of carbonyl (C=O) groups excluding carboxylic acids is 1. The molecule has 0 amide bonds. The Morgan fingerprint density at radius 3 is 3.00 bits per heavy atom. The van der Waals surface area contributed by atoms with Gasteiger partial charge in [0.1, 0.15) is 16.5 Å². The van der Waals surface area contributed by atoms with Gasteiger partial charge >= 0.3 is 0 Å². The maximum atomic E-state index is 10.6. The number of imidazole rings is 1. The average molecular weight is 274 g/mol. The molecule has 72 valence electrons. The second kappa shape index (κ2) is 3.37. The van der Waals surface area contributed by atoms with Crippen molar-refractivity contribution in [1.29, 1.82) is 0 Å². The zero-order valence-electron chi connectivity index (χ0n) is 7.29. The van der Waals surface area contributed by atoms with E-state index in [1.807, 2.05) is 13.0 Å². The van der Waals surface area contributed by atoms with Crippen molar-refractivity contribution in [1.82, 2.24) is 9.38 Å². The molecule has 0 atom stereocenters. The van der Waals surface area contributed by atoms with E-state index < -0.39 is 0 Å². The maximum absolute atomic E-state index is 10.6. The number of carbonyl (C=O) groups is 1. The van der Waals surface area contributed by atoms with E-state index in [1.54, 1.807) is 10.6 Å². The molecule has 2 aromatic heterocycles. The first-order chi connectivity index (χ1) is 6.63. The number of aryl methyl sites for hydroxylation is 1. The van der Waals surface area contributed by atoms with Gasteiger partial charge in [-0.15, -0.1) is 0 Å². The van der Waals surface area contributed by atoms with Crippen LogP contribution >= 0.6 is 27.5 Å². The van der Waals surface area contributed by atoms with Crippen molar-refractivity contribution < 1.29 is 4.79 Å². The fourth-order valence-electron chi connectivity index (χ4n) is 1.33. The van der Waals surface area contributed by atoms with Gasteiger partial charge in [0.15, 0.2) is 6.29 Å². The van der Waals surface area contributed by atoms with Gasteiger partial charge < -0.3 is 0 Å². The van der Waals surface area contributed by atoms with E-state index >= 15 is 0 Å². The summed E-state index contributed by atoms with van der Waals surface area (Å²) < 4.78 is 2.59. The fraction of sp³-hybridized carbons (Fsp3) is 0.111. The van der Waals surface area contributed by atoms with E-state index in [0.717, 1.165) is 10.0 Å². The molecular formula is C9H6BrClN2O. The van der Waals surface area contributed by atoms with E-state index in [-0.39, 0.29) is 5.69 Å². The molecule has 0 aliphatic carbocycles. The van der Waals surface area contributed by atoms with Crippen LogP contribution in [0, 0.1) is 6.92 Å². The minimum Gasteiger partial charge on any atom is -0.296 e. The third kappa shape index (κ3) is 1.35. The number of halogens is 2. The number of rotatable bonds is 1. The Morgan fingerprint density at radius 2 is 2.36 bits per heavy atom. The maximum Gasteiger partial charge on any atom is 0.171 e. The summed E-state index contributed by atoms with van der Waals surface area (Å²) in [6.07, 6.45) is 2.44. The minimum atomic E-state index is 0.271. The molecule has 2 heterocycles. The predicted octanol–water partition coefficient (Wildman–Crippen LogP) is 2.87. The zero-order valence-corrected chi connectivity index (χ0v) is 9.63. The van der Waals surface area contributed by atoms with Crippen LogP contribution in [0.15, 0.2) is 16.7 Å². The number of hydrogen-bond donors (Lipinski definition) is 0. The van der Waals surface area contributed by atoms with Crippen LogP contribution in [0.4, 0.5) is 0 Å². The zero-order chi connectivity index (χ0) is 10.3. The van der Waals surface area contributed by atoms with Gasteiger partial charge in [-0.05, 0) is 34.5 Å². The predicted molar refractivity (Wildman–Crippen MR) is 58.0 cm³/mol. The van der Waals surface area contributed by atoms with Crippen molar-refractivity contribution in [2.24, 2.45) is 0 Å². The summed E-state index contributed by atoms with van der Waals surface area (Å²) in [7, 11) is 0. The minimum absolute atomic E-state index is 0.271. The highest BCUT2D eigenvalue weighted by molar-refractivity contribution is 9.10. The monoisotopic (exact) mass is 272 g/mol. The molecule has 0 aliphatic heterocycles. The number of aromatic nitrogens is 2. The highest BCUT2D eigenvalue weighted by atomic mass is 79.9. The van der Waals surface area contributed by atoms with Crippen molar-refractivity contribution in [3.63, 3.8) is 0 Å². The third-order valence-electron chi connectivity index (χ3n) is 1.95. The van der Waals surface area contributed by atoms with Crippen LogP contribution in [-0.4, -0.2) is 15.7 Å². The van der Waals surface area contributed by atoms with Gasteiger partial charge in [0.05, 0.1) is 0 Å². The molecular weight excluding hydrogens is 267 g/mol. The normalized spacial score (nSPS) is 10.8. The molecule has 0 unspecified atom stereocenters. The Bertz CT molecular complexity index is 521. The summed E-state index contributed by atoms with van der Waals surface area (Å²) in [6.45, 7) is 1.91. The van der Waals surface area contributed by atoms with Crippen LogP contribution in [0.3, 0.4) is 0 Å². The highest BCUT2D eigenvalue weighted by Gasteiger charge is 2.11. The van der Waals surface area contributed by atoms with Crippen molar-refractivity contribution in [2.45, 2.75) is 6.92 Å². The van der Waals surface area contributed by atoms with E-state index in [1.165, 1.54) is 0 Å². The first-order valence-corrected chi connectivity index (χ1v) is 5.09. The number of nitrogens with zero attached hydrogens (tertiary/aromatic N) is 2. The molecule has 0 bridgehead atoms. The molecule has 0 saturated carbocycles. The molecule has 0 radical (unpaired) electrons. The first kappa shape index (κ1) is 9.68. The molecule has 0 aliphatic rings.